The summed E-state index contributed by atoms with van der Waals surface area (Å²) in [6, 6.07) is 3.20. The summed E-state index contributed by atoms with van der Waals surface area (Å²) < 4.78 is 10.2. The molecule has 0 saturated carbocycles. The number of nitrogen functional groups attached to an aromatic ring is 1. The lowest BCUT2D eigenvalue weighted by Crippen LogP contribution is -2.39. The van der Waals surface area contributed by atoms with Crippen molar-refractivity contribution in [1.29, 1.82) is 0 Å². The molecule has 1 atom stereocenters. The summed E-state index contributed by atoms with van der Waals surface area (Å²) in [7, 11) is 4.43. The van der Waals surface area contributed by atoms with Crippen molar-refractivity contribution in [1.82, 2.24) is 0 Å². The van der Waals surface area contributed by atoms with Crippen LogP contribution in [0.5, 0.6) is 0 Å². The third kappa shape index (κ3) is 1.68. The molecule has 0 aliphatic carbocycles. The first-order valence-corrected chi connectivity index (χ1v) is 6.28. The first-order chi connectivity index (χ1) is 9.42. The number of anilines is 2. The van der Waals surface area contributed by atoms with Crippen LogP contribution in [0.15, 0.2) is 12.1 Å². The molecule has 2 N–H and O–H groups in total. The number of rotatable bonds is 3. The molecule has 1 aliphatic heterocycles. The molecular formula is C14H18N2O4. The van der Waals surface area contributed by atoms with E-state index in [1.54, 1.807) is 19.2 Å². The highest BCUT2D eigenvalue weighted by Gasteiger charge is 2.49. The van der Waals surface area contributed by atoms with Crippen LogP contribution in [0, 0.1) is 0 Å². The van der Waals surface area contributed by atoms with Crippen molar-refractivity contribution in [3.8, 4) is 0 Å². The van der Waals surface area contributed by atoms with Gasteiger partial charge in [-0.3, -0.25) is 4.79 Å². The van der Waals surface area contributed by atoms with Gasteiger partial charge in [0.05, 0.1) is 18.4 Å². The fourth-order valence-electron chi connectivity index (χ4n) is 2.67. The zero-order chi connectivity index (χ0) is 15.1. The number of carbonyl (C=O) groups excluding carboxylic acids is 2. The summed E-state index contributed by atoms with van der Waals surface area (Å²) in [5.41, 5.74) is 6.69. The van der Waals surface area contributed by atoms with Crippen LogP contribution < -0.4 is 10.6 Å². The molecule has 0 radical (unpaired) electrons. The van der Waals surface area contributed by atoms with E-state index in [-0.39, 0.29) is 17.2 Å². The quantitative estimate of drug-likeness (QED) is 0.665. The van der Waals surface area contributed by atoms with Crippen molar-refractivity contribution < 1.29 is 19.1 Å². The molecule has 1 unspecified atom stereocenters. The van der Waals surface area contributed by atoms with Crippen LogP contribution in [0.4, 0.5) is 11.4 Å². The monoisotopic (exact) mass is 278 g/mol. The normalized spacial score (nSPS) is 21.0. The first kappa shape index (κ1) is 14.3. The Morgan fingerprint density at radius 1 is 1.40 bits per heavy atom. The van der Waals surface area contributed by atoms with E-state index in [2.05, 4.69) is 4.74 Å². The van der Waals surface area contributed by atoms with Gasteiger partial charge in [-0.25, -0.2) is 4.79 Å². The third-order valence-electron chi connectivity index (χ3n) is 3.87. The Morgan fingerprint density at radius 2 is 2.05 bits per heavy atom. The molecule has 1 heterocycles. The van der Waals surface area contributed by atoms with Gasteiger partial charge < -0.3 is 20.1 Å². The van der Waals surface area contributed by atoms with E-state index in [1.807, 2.05) is 6.92 Å². The Morgan fingerprint density at radius 3 is 2.55 bits per heavy atom. The van der Waals surface area contributed by atoms with Crippen molar-refractivity contribution >= 4 is 23.3 Å². The molecule has 6 nitrogen and oxygen atoms in total. The molecule has 0 fully saturated rings. The van der Waals surface area contributed by atoms with E-state index < -0.39 is 11.6 Å². The first-order valence-electron chi connectivity index (χ1n) is 6.28. The van der Waals surface area contributed by atoms with E-state index in [0.717, 1.165) is 0 Å². The lowest BCUT2D eigenvalue weighted by Gasteiger charge is -2.25. The summed E-state index contributed by atoms with van der Waals surface area (Å²) >= 11 is 0. The number of likely N-dealkylation sites (N-methyl/N-ethyl adjacent to an activating group) is 1. The highest BCUT2D eigenvalue weighted by Crippen LogP contribution is 2.45. The van der Waals surface area contributed by atoms with Crippen LogP contribution in [-0.4, -0.2) is 33.1 Å². The van der Waals surface area contributed by atoms with Gasteiger partial charge in [-0.2, -0.15) is 0 Å². The fourth-order valence-corrected chi connectivity index (χ4v) is 2.67. The molecule has 1 amide bonds. The Kier molecular flexibility index (Phi) is 3.43. The van der Waals surface area contributed by atoms with Crippen LogP contribution in [0.25, 0.3) is 0 Å². The van der Waals surface area contributed by atoms with Gasteiger partial charge in [-0.05, 0) is 18.6 Å². The molecule has 0 aromatic heterocycles. The molecule has 6 heteroatoms. The number of hydrogen-bond donors (Lipinski definition) is 1. The van der Waals surface area contributed by atoms with Crippen molar-refractivity contribution in [2.45, 2.75) is 18.9 Å². The number of ether oxygens (including phenoxy) is 2. The molecular weight excluding hydrogens is 260 g/mol. The number of carbonyl (C=O) groups is 2. The van der Waals surface area contributed by atoms with Crippen LogP contribution in [0.1, 0.15) is 29.3 Å². The van der Waals surface area contributed by atoms with Gasteiger partial charge in [0.2, 0.25) is 0 Å². The molecule has 20 heavy (non-hydrogen) atoms. The highest BCUT2D eigenvalue weighted by atomic mass is 16.5. The predicted octanol–water partition coefficient (Wildman–Crippen LogP) is 1.28. The maximum atomic E-state index is 12.5. The van der Waals surface area contributed by atoms with Gasteiger partial charge in [-0.15, -0.1) is 0 Å². The van der Waals surface area contributed by atoms with Gasteiger partial charge >= 0.3 is 5.97 Å². The molecule has 1 aromatic rings. The summed E-state index contributed by atoms with van der Waals surface area (Å²) in [6.45, 7) is 1.87. The van der Waals surface area contributed by atoms with Crippen LogP contribution in [0.2, 0.25) is 0 Å². The lowest BCUT2D eigenvalue weighted by atomic mass is 9.91. The molecule has 0 spiro atoms. The molecule has 2 rings (SSSR count). The van der Waals surface area contributed by atoms with E-state index >= 15 is 0 Å². The second-order valence-corrected chi connectivity index (χ2v) is 4.70. The minimum absolute atomic E-state index is 0.168. The molecule has 0 bridgehead atoms. The Hall–Kier alpha value is -2.08. The van der Waals surface area contributed by atoms with Crippen molar-refractivity contribution in [2.75, 3.05) is 31.9 Å². The van der Waals surface area contributed by atoms with Gasteiger partial charge in [0.25, 0.3) is 5.91 Å². The second kappa shape index (κ2) is 4.79. The number of methoxy groups -OCH3 is 2. The van der Waals surface area contributed by atoms with Gasteiger partial charge in [0.1, 0.15) is 0 Å². The maximum Gasteiger partial charge on any atom is 0.340 e. The highest BCUT2D eigenvalue weighted by molar-refractivity contribution is 6.09. The Labute approximate surface area is 117 Å². The third-order valence-corrected chi connectivity index (χ3v) is 3.87. The average molecular weight is 278 g/mol. The van der Waals surface area contributed by atoms with Crippen molar-refractivity contribution in [2.24, 2.45) is 0 Å². The van der Waals surface area contributed by atoms with Crippen LogP contribution >= 0.6 is 0 Å². The van der Waals surface area contributed by atoms with E-state index in [9.17, 15) is 9.59 Å². The topological polar surface area (TPSA) is 81.9 Å². The maximum absolute atomic E-state index is 12.5. The second-order valence-electron chi connectivity index (χ2n) is 4.70. The SMILES string of the molecule is CCC1(OC)C(=O)N(C)c2cc(C(=O)OC)c(N)cc21. The Bertz CT molecular complexity index is 579. The van der Waals surface area contributed by atoms with Crippen LogP contribution in [0.3, 0.4) is 0 Å². The van der Waals surface area contributed by atoms with Crippen molar-refractivity contribution in [3.05, 3.63) is 23.3 Å². The molecule has 108 valence electrons. The predicted molar refractivity (Wildman–Crippen MR) is 74.6 cm³/mol. The van der Waals surface area contributed by atoms with Crippen molar-refractivity contribution in [3.63, 3.8) is 0 Å². The number of nitrogens with two attached hydrogens (primary N) is 1. The average Bonchev–Trinajstić information content (AvgIpc) is 2.66. The Balaban J connectivity index is 2.69. The molecule has 1 aliphatic rings. The standard InChI is InChI=1S/C14H18N2O4/c1-5-14(20-4)9-7-10(15)8(12(17)19-3)6-11(9)16(2)13(14)18/h6-7H,5,15H2,1-4H3. The van der Waals surface area contributed by atoms with E-state index in [4.69, 9.17) is 10.5 Å². The summed E-state index contributed by atoms with van der Waals surface area (Å²) in [5, 5.41) is 0. The smallest absolute Gasteiger partial charge is 0.340 e. The number of hydrogen-bond acceptors (Lipinski definition) is 5. The minimum Gasteiger partial charge on any atom is -0.465 e. The number of benzene rings is 1. The largest absolute Gasteiger partial charge is 0.465 e. The lowest BCUT2D eigenvalue weighted by molar-refractivity contribution is -0.140. The van der Waals surface area contributed by atoms with Gasteiger partial charge in [0, 0.05) is 25.4 Å². The number of amides is 1. The van der Waals surface area contributed by atoms with E-state index in [1.165, 1.54) is 19.1 Å². The van der Waals surface area contributed by atoms with Gasteiger partial charge in [-0.1, -0.05) is 6.92 Å². The molecule has 0 saturated heterocycles. The number of esters is 1. The fraction of sp³-hybridized carbons (Fsp3) is 0.429. The van der Waals surface area contributed by atoms with Crippen LogP contribution in [-0.2, 0) is 19.9 Å². The molecule has 1 aromatic carbocycles. The number of nitrogens with zero attached hydrogens (tertiary/aromatic N) is 1. The zero-order valence-electron chi connectivity index (χ0n) is 12.0. The summed E-state index contributed by atoms with van der Waals surface area (Å²) in [6.07, 6.45) is 0.483. The number of fused-ring (bicyclic) bond motifs is 1. The van der Waals surface area contributed by atoms with E-state index in [0.29, 0.717) is 17.7 Å². The minimum atomic E-state index is -1.03. The summed E-state index contributed by atoms with van der Waals surface area (Å²) in [4.78, 5) is 25.6. The van der Waals surface area contributed by atoms with Gasteiger partial charge in [0.15, 0.2) is 5.60 Å². The summed E-state index contributed by atoms with van der Waals surface area (Å²) in [5.74, 6) is -0.698. The zero-order valence-corrected chi connectivity index (χ0v) is 12.0.